The van der Waals surface area contributed by atoms with Crippen LogP contribution >= 0.6 is 11.6 Å². The summed E-state index contributed by atoms with van der Waals surface area (Å²) in [7, 11) is 0. The molecule has 0 aliphatic carbocycles. The first kappa shape index (κ1) is 14.0. The van der Waals surface area contributed by atoms with Gasteiger partial charge in [0.1, 0.15) is 6.10 Å². The van der Waals surface area contributed by atoms with Crippen molar-refractivity contribution in [2.24, 2.45) is 0 Å². The first-order valence-electron chi connectivity index (χ1n) is 6.78. The Hall–Kier alpha value is -1.97. The Labute approximate surface area is 128 Å². The highest BCUT2D eigenvalue weighted by molar-refractivity contribution is 6.31. The number of benzene rings is 2. The molecule has 3 aromatic rings. The van der Waals surface area contributed by atoms with Crippen molar-refractivity contribution in [3.63, 3.8) is 0 Å². The molecule has 106 valence electrons. The molecule has 0 saturated heterocycles. The second-order valence-corrected chi connectivity index (χ2v) is 5.51. The van der Waals surface area contributed by atoms with Gasteiger partial charge in [-0.15, -0.1) is 0 Å². The van der Waals surface area contributed by atoms with Gasteiger partial charge in [-0.05, 0) is 36.2 Å². The molecule has 1 atom stereocenters. The molecule has 0 fully saturated rings. The summed E-state index contributed by atoms with van der Waals surface area (Å²) in [6, 6.07) is 13.4. The van der Waals surface area contributed by atoms with Crippen molar-refractivity contribution < 1.29 is 5.11 Å². The van der Waals surface area contributed by atoms with E-state index in [1.165, 1.54) is 0 Å². The Kier molecular flexibility index (Phi) is 3.86. The van der Waals surface area contributed by atoms with Crippen molar-refractivity contribution >= 4 is 22.6 Å². The standard InChI is InChI=1S/C17H15ClN2O/c1-11-6-7-12(13(18)8-11)9-17(21)16-10-19-14-4-2-3-5-15(14)20-16/h2-8,10,17,21H,9H2,1H3. The molecule has 21 heavy (non-hydrogen) atoms. The first-order chi connectivity index (χ1) is 10.1. The zero-order chi connectivity index (χ0) is 14.8. The van der Waals surface area contributed by atoms with Crippen LogP contribution in [0.1, 0.15) is 22.9 Å². The molecule has 0 spiro atoms. The van der Waals surface area contributed by atoms with Gasteiger partial charge in [-0.3, -0.25) is 4.98 Å². The minimum atomic E-state index is -0.720. The van der Waals surface area contributed by atoms with E-state index in [4.69, 9.17) is 11.6 Å². The Morgan fingerprint density at radius 3 is 2.67 bits per heavy atom. The largest absolute Gasteiger partial charge is 0.386 e. The molecule has 0 aliphatic heterocycles. The maximum atomic E-state index is 10.4. The summed E-state index contributed by atoms with van der Waals surface area (Å²) in [5.41, 5.74) is 4.17. The molecule has 0 radical (unpaired) electrons. The number of aliphatic hydroxyl groups is 1. The maximum Gasteiger partial charge on any atom is 0.102 e. The van der Waals surface area contributed by atoms with Gasteiger partial charge in [-0.2, -0.15) is 0 Å². The van der Waals surface area contributed by atoms with Gasteiger partial charge in [0.15, 0.2) is 0 Å². The van der Waals surface area contributed by atoms with Gasteiger partial charge >= 0.3 is 0 Å². The lowest BCUT2D eigenvalue weighted by Gasteiger charge is -2.12. The van der Waals surface area contributed by atoms with E-state index in [9.17, 15) is 5.11 Å². The number of aromatic nitrogens is 2. The number of fused-ring (bicyclic) bond motifs is 1. The SMILES string of the molecule is Cc1ccc(CC(O)c2cnc3ccccc3n2)c(Cl)c1. The zero-order valence-electron chi connectivity index (χ0n) is 11.6. The van der Waals surface area contributed by atoms with Crippen molar-refractivity contribution in [1.82, 2.24) is 9.97 Å². The Bertz CT molecular complexity index is 789. The smallest absolute Gasteiger partial charge is 0.102 e. The van der Waals surface area contributed by atoms with Crippen LogP contribution in [-0.2, 0) is 6.42 Å². The second-order valence-electron chi connectivity index (χ2n) is 5.10. The second kappa shape index (κ2) is 5.80. The Morgan fingerprint density at radius 2 is 1.90 bits per heavy atom. The van der Waals surface area contributed by atoms with Gasteiger partial charge in [-0.25, -0.2) is 4.98 Å². The number of rotatable bonds is 3. The molecule has 0 saturated carbocycles. The van der Waals surface area contributed by atoms with Crippen molar-refractivity contribution in [2.45, 2.75) is 19.4 Å². The fourth-order valence-electron chi connectivity index (χ4n) is 2.26. The maximum absolute atomic E-state index is 10.4. The lowest BCUT2D eigenvalue weighted by atomic mass is 10.0. The Balaban J connectivity index is 1.87. The highest BCUT2D eigenvalue weighted by Gasteiger charge is 2.13. The van der Waals surface area contributed by atoms with E-state index in [1.54, 1.807) is 6.20 Å². The quantitative estimate of drug-likeness (QED) is 0.798. The summed E-state index contributed by atoms with van der Waals surface area (Å²) in [6.45, 7) is 1.99. The summed E-state index contributed by atoms with van der Waals surface area (Å²) in [5, 5.41) is 11.0. The molecular formula is C17H15ClN2O. The van der Waals surface area contributed by atoms with Crippen LogP contribution in [0, 0.1) is 6.92 Å². The topological polar surface area (TPSA) is 46.0 Å². The first-order valence-corrected chi connectivity index (χ1v) is 7.16. The van der Waals surface area contributed by atoms with Gasteiger partial charge in [0.25, 0.3) is 0 Å². The third kappa shape index (κ3) is 3.04. The van der Waals surface area contributed by atoms with Crippen LogP contribution in [0.3, 0.4) is 0 Å². The Morgan fingerprint density at radius 1 is 1.14 bits per heavy atom. The highest BCUT2D eigenvalue weighted by Crippen LogP contribution is 2.24. The van der Waals surface area contributed by atoms with Crippen LogP contribution in [0.5, 0.6) is 0 Å². The minimum absolute atomic E-state index is 0.423. The van der Waals surface area contributed by atoms with Crippen molar-refractivity contribution in [1.29, 1.82) is 0 Å². The fraction of sp³-hybridized carbons (Fsp3) is 0.176. The van der Waals surface area contributed by atoms with Crippen LogP contribution in [0.4, 0.5) is 0 Å². The molecule has 0 bridgehead atoms. The average molecular weight is 299 g/mol. The number of aryl methyl sites for hydroxylation is 1. The summed E-state index contributed by atoms with van der Waals surface area (Å²) in [5.74, 6) is 0. The van der Waals surface area contributed by atoms with Gasteiger partial charge in [0, 0.05) is 11.4 Å². The van der Waals surface area contributed by atoms with Crippen LogP contribution in [-0.4, -0.2) is 15.1 Å². The van der Waals surface area contributed by atoms with E-state index in [0.29, 0.717) is 17.1 Å². The van der Waals surface area contributed by atoms with Crippen molar-refractivity contribution in [3.8, 4) is 0 Å². The molecule has 3 rings (SSSR count). The van der Waals surface area contributed by atoms with Gasteiger partial charge in [0.05, 0.1) is 22.9 Å². The third-order valence-corrected chi connectivity index (χ3v) is 3.78. The molecule has 1 unspecified atom stereocenters. The molecule has 4 heteroatoms. The van der Waals surface area contributed by atoms with E-state index in [2.05, 4.69) is 9.97 Å². The van der Waals surface area contributed by atoms with Gasteiger partial charge < -0.3 is 5.11 Å². The van der Waals surface area contributed by atoms with Crippen molar-refractivity contribution in [2.75, 3.05) is 0 Å². The lowest BCUT2D eigenvalue weighted by Crippen LogP contribution is -2.05. The van der Waals surface area contributed by atoms with Crippen LogP contribution < -0.4 is 0 Å². The van der Waals surface area contributed by atoms with Crippen LogP contribution in [0.25, 0.3) is 11.0 Å². The molecule has 1 N–H and O–H groups in total. The number of aliphatic hydroxyl groups excluding tert-OH is 1. The number of halogens is 1. The molecule has 0 amide bonds. The number of hydrogen-bond acceptors (Lipinski definition) is 3. The van der Waals surface area contributed by atoms with E-state index >= 15 is 0 Å². The summed E-state index contributed by atoms with van der Waals surface area (Å²) in [4.78, 5) is 8.79. The summed E-state index contributed by atoms with van der Waals surface area (Å²) in [6.07, 6.45) is 1.32. The molecule has 1 aromatic heterocycles. The predicted octanol–water partition coefficient (Wildman–Crippen LogP) is 3.87. The predicted molar refractivity (Wildman–Crippen MR) is 84.4 cm³/mol. The zero-order valence-corrected chi connectivity index (χ0v) is 12.4. The fourth-order valence-corrected chi connectivity index (χ4v) is 2.58. The van der Waals surface area contributed by atoms with Crippen molar-refractivity contribution in [3.05, 3.63) is 70.5 Å². The molecule has 3 nitrogen and oxygen atoms in total. The normalized spacial score (nSPS) is 12.5. The van der Waals surface area contributed by atoms with E-state index in [-0.39, 0.29) is 0 Å². The highest BCUT2D eigenvalue weighted by atomic mass is 35.5. The van der Waals surface area contributed by atoms with E-state index in [0.717, 1.165) is 22.2 Å². The van der Waals surface area contributed by atoms with Gasteiger partial charge in [0.2, 0.25) is 0 Å². The lowest BCUT2D eigenvalue weighted by molar-refractivity contribution is 0.173. The monoisotopic (exact) mass is 298 g/mol. The average Bonchev–Trinajstić information content (AvgIpc) is 2.49. The van der Waals surface area contributed by atoms with Crippen LogP contribution in [0.2, 0.25) is 5.02 Å². The van der Waals surface area contributed by atoms with Gasteiger partial charge in [-0.1, -0.05) is 35.9 Å². The third-order valence-electron chi connectivity index (χ3n) is 3.43. The molecule has 0 aliphatic rings. The number of hydrogen-bond donors (Lipinski definition) is 1. The molecular weight excluding hydrogens is 284 g/mol. The molecule has 2 aromatic carbocycles. The van der Waals surface area contributed by atoms with E-state index in [1.807, 2.05) is 49.4 Å². The summed E-state index contributed by atoms with van der Waals surface area (Å²) < 4.78 is 0. The van der Waals surface area contributed by atoms with Crippen LogP contribution in [0.15, 0.2) is 48.7 Å². The summed E-state index contributed by atoms with van der Waals surface area (Å²) >= 11 is 6.21. The number of para-hydroxylation sites is 2. The number of nitrogens with zero attached hydrogens (tertiary/aromatic N) is 2. The minimum Gasteiger partial charge on any atom is -0.386 e. The molecule has 1 heterocycles. The van der Waals surface area contributed by atoms with E-state index < -0.39 is 6.10 Å².